The highest BCUT2D eigenvalue weighted by atomic mass is 35.5. The van der Waals surface area contributed by atoms with Crippen molar-refractivity contribution in [3.05, 3.63) is 117 Å². The average molecular weight is 935 g/mol. The van der Waals surface area contributed by atoms with Gasteiger partial charge in [-0.25, -0.2) is 24.7 Å². The molecule has 0 spiro atoms. The molecule has 65 heavy (non-hydrogen) atoms. The summed E-state index contributed by atoms with van der Waals surface area (Å²) in [5.41, 5.74) is 8.34. The molecule has 4 aromatic rings. The van der Waals surface area contributed by atoms with Crippen LogP contribution in [0.1, 0.15) is 121 Å². The minimum absolute atomic E-state index is 0.192. The fourth-order valence-electron chi connectivity index (χ4n) is 9.71. The van der Waals surface area contributed by atoms with Crippen molar-refractivity contribution in [2.75, 3.05) is 10.6 Å². The molecule has 4 bridgehead atoms. The van der Waals surface area contributed by atoms with Gasteiger partial charge in [-0.3, -0.25) is 4.79 Å². The Kier molecular flexibility index (Phi) is 14.8. The predicted molar refractivity (Wildman–Crippen MR) is 250 cm³/mol. The number of anilines is 2. The summed E-state index contributed by atoms with van der Waals surface area (Å²) in [6.45, 7) is 8.03. The lowest BCUT2D eigenvalue weighted by Crippen LogP contribution is -2.51. The van der Waals surface area contributed by atoms with Crippen LogP contribution in [0, 0.1) is 0 Å². The lowest BCUT2D eigenvalue weighted by Gasteiger charge is -2.39. The zero-order valence-electron chi connectivity index (χ0n) is 38.1. The monoisotopic (exact) mass is 933 g/mol. The quantitative estimate of drug-likeness (QED) is 0.160. The fourth-order valence-corrected chi connectivity index (χ4v) is 10.1. The Labute approximate surface area is 390 Å². The van der Waals surface area contributed by atoms with Crippen molar-refractivity contribution in [3.8, 4) is 0 Å². The molecular weight excluding hydrogens is 876 g/mol. The van der Waals surface area contributed by atoms with E-state index in [1.54, 1.807) is 19.3 Å². The highest BCUT2D eigenvalue weighted by Gasteiger charge is 2.45. The zero-order valence-corrected chi connectivity index (χ0v) is 38.6. The van der Waals surface area contributed by atoms with E-state index < -0.39 is 18.1 Å². The molecule has 0 radical (unpaired) electrons. The SMILES string of the molecule is CC(C)(C)OC(=O)N1[C@@H]2CC[C@H]1CC(Nc1ncc(Cl)c(C3=CCc4ccccc43)n1)C2.Clc1cnc(NC2C[C@H]3CC[C@@H](C2)N3)nc1C1=CCc2ccccc21.O=CC(F)(F)F.[2H]CC. The van der Waals surface area contributed by atoms with E-state index in [1.165, 1.54) is 35.1 Å². The van der Waals surface area contributed by atoms with Crippen molar-refractivity contribution < 1.29 is 28.9 Å². The minimum atomic E-state index is -4.64. The molecule has 11 nitrogen and oxygen atoms in total. The van der Waals surface area contributed by atoms with Crippen LogP contribution in [0.25, 0.3) is 11.1 Å². The highest BCUT2D eigenvalue weighted by Crippen LogP contribution is 2.40. The number of ether oxygens (including phenoxy) is 1. The lowest BCUT2D eigenvalue weighted by molar-refractivity contribution is -0.156. The topological polar surface area (TPSA) is 134 Å². The number of piperidine rings is 2. The Morgan fingerprint density at radius 1 is 0.785 bits per heavy atom. The van der Waals surface area contributed by atoms with E-state index in [9.17, 15) is 18.0 Å². The maximum Gasteiger partial charge on any atom is 0.446 e. The van der Waals surface area contributed by atoms with Gasteiger partial charge in [0.05, 0.1) is 33.8 Å². The number of fused-ring (bicyclic) bond motifs is 6. The number of halogens is 5. The minimum Gasteiger partial charge on any atom is -0.444 e. The summed E-state index contributed by atoms with van der Waals surface area (Å²) < 4.78 is 43.1. The maximum absolute atomic E-state index is 12.7. The van der Waals surface area contributed by atoms with Gasteiger partial charge in [0.25, 0.3) is 0 Å². The van der Waals surface area contributed by atoms with Crippen LogP contribution in [0.4, 0.5) is 29.9 Å². The fraction of sp³-hybridized carbons (Fsp3) is 0.469. The van der Waals surface area contributed by atoms with Crippen molar-refractivity contribution >= 4 is 58.6 Å². The first-order valence-electron chi connectivity index (χ1n) is 23.0. The van der Waals surface area contributed by atoms with Crippen molar-refractivity contribution in [2.24, 2.45) is 0 Å². The van der Waals surface area contributed by atoms with Crippen molar-refractivity contribution in [3.63, 3.8) is 0 Å². The van der Waals surface area contributed by atoms with Gasteiger partial charge >= 0.3 is 12.3 Å². The average Bonchev–Trinajstić information content (AvgIpc) is 4.05. The number of aldehydes is 1. The number of nitrogens with zero attached hydrogens (tertiary/aromatic N) is 5. The summed E-state index contributed by atoms with van der Waals surface area (Å²) in [5.74, 6) is 1.28. The molecule has 3 N–H and O–H groups in total. The number of amides is 1. The number of carbonyl (C=O) groups excluding carboxylic acids is 2. The van der Waals surface area contributed by atoms with Gasteiger partial charge in [0, 0.05) is 48.8 Å². The number of alkyl halides is 3. The van der Waals surface area contributed by atoms with Gasteiger partial charge in [-0.15, -0.1) is 0 Å². The van der Waals surface area contributed by atoms with Crippen LogP contribution in [0.5, 0.6) is 0 Å². The Balaban J connectivity index is 0.000000169. The Bertz CT molecular complexity index is 2410. The van der Waals surface area contributed by atoms with E-state index in [4.69, 9.17) is 44.1 Å². The molecule has 0 saturated carbocycles. The van der Waals surface area contributed by atoms with Crippen molar-refractivity contribution in [1.29, 1.82) is 0 Å². The van der Waals surface area contributed by atoms with Crippen LogP contribution in [-0.4, -0.2) is 85.2 Å². The molecular formula is C49H57Cl2F3N8O3. The van der Waals surface area contributed by atoms with Gasteiger partial charge in [0.1, 0.15) is 5.60 Å². The van der Waals surface area contributed by atoms with Crippen molar-refractivity contribution in [2.45, 2.75) is 147 Å². The Morgan fingerprint density at radius 3 is 1.65 bits per heavy atom. The van der Waals surface area contributed by atoms with Crippen LogP contribution in [0.3, 0.4) is 0 Å². The van der Waals surface area contributed by atoms with Crippen molar-refractivity contribution in [1.82, 2.24) is 30.2 Å². The van der Waals surface area contributed by atoms with Crippen LogP contribution < -0.4 is 16.0 Å². The van der Waals surface area contributed by atoms with E-state index in [1.807, 2.05) is 31.7 Å². The van der Waals surface area contributed by atoms with Crippen LogP contribution in [0.2, 0.25) is 10.0 Å². The molecule has 4 aliphatic heterocycles. The first-order chi connectivity index (χ1) is 31.5. The molecule has 4 fully saturated rings. The third-order valence-electron chi connectivity index (χ3n) is 12.3. The number of carbonyl (C=O) groups is 2. The molecule has 2 aromatic heterocycles. The molecule has 16 heteroatoms. The normalized spacial score (nSPS) is 23.6. The smallest absolute Gasteiger partial charge is 0.444 e. The molecule has 6 aliphatic rings. The summed E-state index contributed by atoms with van der Waals surface area (Å²) in [6, 6.07) is 19.1. The second kappa shape index (κ2) is 20.6. The summed E-state index contributed by atoms with van der Waals surface area (Å²) in [7, 11) is 0. The molecule has 6 atom stereocenters. The number of nitrogens with one attached hydrogen (secondary N) is 3. The summed E-state index contributed by atoms with van der Waals surface area (Å²) >= 11 is 12.9. The van der Waals surface area contributed by atoms with E-state index in [-0.39, 0.29) is 24.2 Å². The summed E-state index contributed by atoms with van der Waals surface area (Å²) in [5, 5.41) is 11.9. The summed E-state index contributed by atoms with van der Waals surface area (Å²) in [6.07, 6.45) is 12.4. The van der Waals surface area contributed by atoms with Gasteiger partial charge in [-0.2, -0.15) is 13.2 Å². The standard InChI is InChI=1S/C25H29ClN4O2.C20H21ClN4.C2HF3O.C2H6/c1-25(2,3)32-24(31)30-17-9-10-18(30)13-16(12-17)28-23-27-14-21(26)22(29-23)20-11-8-15-6-4-5-7-19(15)20;21-18-11-22-20(24-15-9-13-6-7-14(10-15)23-13)25-19(18)17-8-5-12-3-1-2-4-16(12)17;3-2(4,5)1-6;1-2/h4-7,11,14,16-18H,8-10,12-13H2,1-3H3,(H,27,28,29);1-4,8,11,13-15,23H,5-7,9-10H2,(H,22,24,25);1H;1-2H3/t16?,17-,18+;13-,14+,15?;;/i;;;1D. The maximum atomic E-state index is 12.7. The van der Waals surface area contributed by atoms with E-state index in [2.05, 4.69) is 80.5 Å². The van der Waals surface area contributed by atoms with E-state index in [0.717, 1.165) is 73.9 Å². The van der Waals surface area contributed by atoms with Gasteiger partial charge < -0.3 is 25.6 Å². The third kappa shape index (κ3) is 11.9. The highest BCUT2D eigenvalue weighted by molar-refractivity contribution is 6.32. The van der Waals surface area contributed by atoms with Gasteiger partial charge in [-0.05, 0) is 107 Å². The zero-order chi connectivity index (χ0) is 47.2. The largest absolute Gasteiger partial charge is 0.446 e. The molecule has 1 amide bonds. The second-order valence-electron chi connectivity index (χ2n) is 17.9. The number of aromatic nitrogens is 4. The molecule has 2 aromatic carbocycles. The summed E-state index contributed by atoms with van der Waals surface area (Å²) in [4.78, 5) is 41.8. The Morgan fingerprint density at radius 2 is 1.22 bits per heavy atom. The molecule has 6 heterocycles. The number of rotatable bonds is 6. The molecule has 10 rings (SSSR count). The molecule has 2 unspecified atom stereocenters. The van der Waals surface area contributed by atoms with Crippen LogP contribution in [-0.2, 0) is 22.4 Å². The first-order valence-corrected chi connectivity index (χ1v) is 23.0. The van der Waals surface area contributed by atoms with Gasteiger partial charge in [0.2, 0.25) is 18.2 Å². The lowest BCUT2D eigenvalue weighted by atomic mass is 9.98. The molecule has 4 saturated heterocycles. The first kappa shape index (κ1) is 46.5. The Hall–Kier alpha value is -5.05. The van der Waals surface area contributed by atoms with E-state index >= 15 is 0 Å². The third-order valence-corrected chi connectivity index (χ3v) is 12.8. The number of hydrogen-bond acceptors (Lipinski definition) is 10. The molecule has 346 valence electrons. The second-order valence-corrected chi connectivity index (χ2v) is 18.7. The number of allylic oxidation sites excluding steroid dienone is 2. The number of hydrogen-bond donors (Lipinski definition) is 3. The van der Waals surface area contributed by atoms with E-state index in [0.29, 0.717) is 47.0 Å². The number of benzene rings is 2. The van der Waals surface area contributed by atoms with Gasteiger partial charge in [-0.1, -0.05) is 97.7 Å². The van der Waals surface area contributed by atoms with Gasteiger partial charge in [0.15, 0.2) is 0 Å². The molecule has 2 aliphatic carbocycles. The van der Waals surface area contributed by atoms with Crippen LogP contribution in [0.15, 0.2) is 73.1 Å². The van der Waals surface area contributed by atoms with Crippen LogP contribution >= 0.6 is 23.2 Å². The predicted octanol–water partition coefficient (Wildman–Crippen LogP) is 11.0.